The zero-order valence-electron chi connectivity index (χ0n) is 11.3. The zero-order chi connectivity index (χ0) is 13.0. The van der Waals surface area contributed by atoms with Crippen LogP contribution in [0.25, 0.3) is 0 Å². The van der Waals surface area contributed by atoms with Crippen molar-refractivity contribution in [2.45, 2.75) is 53.5 Å². The Morgan fingerprint density at radius 2 is 1.69 bits per heavy atom. The second kappa shape index (κ2) is 5.32. The molecule has 0 aromatic carbocycles. The number of hydrogen-bond donors (Lipinski definition) is 2. The highest BCUT2D eigenvalue weighted by Gasteiger charge is 2.16. The molecule has 0 radical (unpaired) electrons. The van der Waals surface area contributed by atoms with Gasteiger partial charge in [-0.25, -0.2) is 0 Å². The average Bonchev–Trinajstić information content (AvgIpc) is 1.98. The maximum atomic E-state index is 11.5. The molecule has 0 saturated carbocycles. The largest absolute Gasteiger partial charge is 0.387 e. The number of hydrogen-bond acceptors (Lipinski definition) is 2. The quantitative estimate of drug-likeness (QED) is 0.569. The van der Waals surface area contributed by atoms with Crippen LogP contribution in [0.2, 0.25) is 0 Å². The Kier molecular flexibility index (Phi) is 4.97. The van der Waals surface area contributed by atoms with E-state index in [9.17, 15) is 4.79 Å². The number of rotatable bonds is 3. The van der Waals surface area contributed by atoms with Gasteiger partial charge in [-0.3, -0.25) is 9.79 Å². The van der Waals surface area contributed by atoms with Crippen molar-refractivity contribution in [2.75, 3.05) is 6.54 Å². The van der Waals surface area contributed by atoms with E-state index in [0.29, 0.717) is 18.8 Å². The molecule has 0 fully saturated rings. The number of amidine groups is 1. The molecule has 0 heterocycles. The normalized spacial score (nSPS) is 13.8. The van der Waals surface area contributed by atoms with E-state index in [-0.39, 0.29) is 16.9 Å². The zero-order valence-corrected chi connectivity index (χ0v) is 11.3. The SMILES string of the molecule is CC(C)(C)NC(=O)CCN=C(N)C(C)(C)C. The van der Waals surface area contributed by atoms with Gasteiger partial charge in [0.15, 0.2) is 0 Å². The van der Waals surface area contributed by atoms with Crippen LogP contribution in [0.3, 0.4) is 0 Å². The van der Waals surface area contributed by atoms with Gasteiger partial charge in [-0.05, 0) is 20.8 Å². The summed E-state index contributed by atoms with van der Waals surface area (Å²) in [6.45, 7) is 12.3. The highest BCUT2D eigenvalue weighted by molar-refractivity contribution is 5.85. The monoisotopic (exact) mass is 227 g/mol. The maximum Gasteiger partial charge on any atom is 0.222 e. The summed E-state index contributed by atoms with van der Waals surface area (Å²) in [7, 11) is 0. The van der Waals surface area contributed by atoms with Gasteiger partial charge in [-0.15, -0.1) is 0 Å². The number of carbonyl (C=O) groups excluding carboxylic acids is 1. The molecule has 16 heavy (non-hydrogen) atoms. The Bertz CT molecular complexity index is 269. The Morgan fingerprint density at radius 3 is 2.06 bits per heavy atom. The number of nitrogens with one attached hydrogen (secondary N) is 1. The molecule has 0 aromatic rings. The summed E-state index contributed by atoms with van der Waals surface area (Å²) in [5.41, 5.74) is 5.47. The molecule has 0 bridgehead atoms. The summed E-state index contributed by atoms with van der Waals surface area (Å²) >= 11 is 0. The smallest absolute Gasteiger partial charge is 0.222 e. The van der Waals surface area contributed by atoms with Gasteiger partial charge in [-0.2, -0.15) is 0 Å². The number of amides is 1. The average molecular weight is 227 g/mol. The molecular formula is C12H25N3O. The second-order valence-electron chi connectivity index (χ2n) is 6.07. The summed E-state index contributed by atoms with van der Waals surface area (Å²) in [4.78, 5) is 15.7. The van der Waals surface area contributed by atoms with Crippen LogP contribution in [0.5, 0.6) is 0 Å². The molecule has 0 unspecified atom stereocenters. The molecule has 0 aliphatic rings. The predicted molar refractivity (Wildman–Crippen MR) is 68.5 cm³/mol. The number of nitrogens with two attached hydrogens (primary N) is 1. The van der Waals surface area contributed by atoms with Crippen molar-refractivity contribution in [1.82, 2.24) is 5.32 Å². The Balaban J connectivity index is 4.05. The molecule has 0 spiro atoms. The van der Waals surface area contributed by atoms with E-state index in [1.807, 2.05) is 41.5 Å². The van der Waals surface area contributed by atoms with Crippen molar-refractivity contribution in [2.24, 2.45) is 16.1 Å². The third kappa shape index (κ3) is 7.26. The third-order valence-electron chi connectivity index (χ3n) is 1.90. The Hall–Kier alpha value is -1.06. The molecule has 4 heteroatoms. The lowest BCUT2D eigenvalue weighted by molar-refractivity contribution is -0.122. The van der Waals surface area contributed by atoms with E-state index >= 15 is 0 Å². The van der Waals surface area contributed by atoms with E-state index in [2.05, 4.69) is 10.3 Å². The van der Waals surface area contributed by atoms with Gasteiger partial charge >= 0.3 is 0 Å². The van der Waals surface area contributed by atoms with Gasteiger partial charge in [0, 0.05) is 23.9 Å². The molecule has 0 atom stereocenters. The summed E-state index contributed by atoms with van der Waals surface area (Å²) in [5.74, 6) is 0.606. The van der Waals surface area contributed by atoms with Gasteiger partial charge < -0.3 is 11.1 Å². The lowest BCUT2D eigenvalue weighted by Crippen LogP contribution is -2.40. The van der Waals surface area contributed by atoms with Crippen molar-refractivity contribution in [3.05, 3.63) is 0 Å². The first-order valence-electron chi connectivity index (χ1n) is 5.64. The molecule has 1 amide bonds. The molecule has 0 saturated heterocycles. The van der Waals surface area contributed by atoms with Crippen LogP contribution >= 0.6 is 0 Å². The van der Waals surface area contributed by atoms with E-state index < -0.39 is 0 Å². The van der Waals surface area contributed by atoms with Gasteiger partial charge in [0.05, 0.1) is 5.84 Å². The third-order valence-corrected chi connectivity index (χ3v) is 1.90. The molecule has 0 rings (SSSR count). The molecule has 4 nitrogen and oxygen atoms in total. The molecule has 0 aromatic heterocycles. The van der Waals surface area contributed by atoms with Crippen LogP contribution in [0.15, 0.2) is 4.99 Å². The maximum absolute atomic E-state index is 11.5. The van der Waals surface area contributed by atoms with Crippen molar-refractivity contribution < 1.29 is 4.79 Å². The van der Waals surface area contributed by atoms with E-state index in [1.54, 1.807) is 0 Å². The van der Waals surface area contributed by atoms with Crippen LogP contribution in [0.1, 0.15) is 48.0 Å². The molecule has 0 aliphatic carbocycles. The molecule has 0 aliphatic heterocycles. The molecule has 94 valence electrons. The van der Waals surface area contributed by atoms with E-state index in [1.165, 1.54) is 0 Å². The molecule has 3 N–H and O–H groups in total. The van der Waals surface area contributed by atoms with Crippen LogP contribution in [-0.2, 0) is 4.79 Å². The minimum absolute atomic E-state index is 0.0120. The summed E-state index contributed by atoms with van der Waals surface area (Å²) in [6, 6.07) is 0. The van der Waals surface area contributed by atoms with Crippen LogP contribution in [0.4, 0.5) is 0 Å². The molecular weight excluding hydrogens is 202 g/mol. The first-order chi connectivity index (χ1) is 7.02. The van der Waals surface area contributed by atoms with Crippen LogP contribution in [-0.4, -0.2) is 23.8 Å². The fraction of sp³-hybridized carbons (Fsp3) is 0.833. The fourth-order valence-corrected chi connectivity index (χ4v) is 0.996. The van der Waals surface area contributed by atoms with Crippen LogP contribution < -0.4 is 11.1 Å². The number of nitrogens with zero attached hydrogens (tertiary/aromatic N) is 1. The highest BCUT2D eigenvalue weighted by Crippen LogP contribution is 2.12. The van der Waals surface area contributed by atoms with Crippen LogP contribution in [0, 0.1) is 5.41 Å². The van der Waals surface area contributed by atoms with Crippen molar-refractivity contribution in [3.8, 4) is 0 Å². The first-order valence-corrected chi connectivity index (χ1v) is 5.64. The van der Waals surface area contributed by atoms with Crippen molar-refractivity contribution in [3.63, 3.8) is 0 Å². The Labute approximate surface area is 98.7 Å². The van der Waals surface area contributed by atoms with Gasteiger partial charge in [0.2, 0.25) is 5.91 Å². The van der Waals surface area contributed by atoms with Crippen molar-refractivity contribution in [1.29, 1.82) is 0 Å². The van der Waals surface area contributed by atoms with Gasteiger partial charge in [0.25, 0.3) is 0 Å². The topological polar surface area (TPSA) is 67.5 Å². The number of aliphatic imine (C=N–C) groups is 1. The standard InChI is InChI=1S/C12H25N3O/c1-11(2,3)10(13)14-8-7-9(16)15-12(4,5)6/h7-8H2,1-6H3,(H2,13,14)(H,15,16). The lowest BCUT2D eigenvalue weighted by Gasteiger charge is -2.20. The van der Waals surface area contributed by atoms with Gasteiger partial charge in [0.1, 0.15) is 0 Å². The van der Waals surface area contributed by atoms with E-state index in [4.69, 9.17) is 5.73 Å². The second-order valence-corrected chi connectivity index (χ2v) is 6.07. The summed E-state index contributed by atoms with van der Waals surface area (Å²) in [6.07, 6.45) is 0.383. The first kappa shape index (κ1) is 14.9. The predicted octanol–water partition coefficient (Wildman–Crippen LogP) is 1.69. The summed E-state index contributed by atoms with van der Waals surface area (Å²) < 4.78 is 0. The lowest BCUT2D eigenvalue weighted by atomic mass is 9.95. The Morgan fingerprint density at radius 1 is 1.19 bits per heavy atom. The highest BCUT2D eigenvalue weighted by atomic mass is 16.1. The minimum atomic E-state index is -0.184. The van der Waals surface area contributed by atoms with E-state index in [0.717, 1.165) is 0 Å². The van der Waals surface area contributed by atoms with Crippen molar-refractivity contribution >= 4 is 11.7 Å². The minimum Gasteiger partial charge on any atom is -0.387 e. The van der Waals surface area contributed by atoms with Gasteiger partial charge in [-0.1, -0.05) is 20.8 Å². The fourth-order valence-electron chi connectivity index (χ4n) is 0.996. The summed E-state index contributed by atoms with van der Waals surface area (Å²) in [5, 5.41) is 2.88. The number of carbonyl (C=O) groups is 1.